The summed E-state index contributed by atoms with van der Waals surface area (Å²) < 4.78 is 11.3. The van der Waals surface area contributed by atoms with Crippen molar-refractivity contribution in [2.24, 2.45) is 0 Å². The lowest BCUT2D eigenvalue weighted by atomic mass is 9.99. The second kappa shape index (κ2) is 5.50. The normalized spacial score (nSPS) is 24.4. The van der Waals surface area contributed by atoms with Gasteiger partial charge in [0.15, 0.2) is 0 Å². The number of alkyl halides is 1. The molecule has 2 aliphatic rings. The second-order valence-corrected chi connectivity index (χ2v) is 5.68. The van der Waals surface area contributed by atoms with E-state index in [1.165, 1.54) is 17.5 Å². The van der Waals surface area contributed by atoms with E-state index >= 15 is 0 Å². The molecule has 1 aromatic rings. The van der Waals surface area contributed by atoms with Gasteiger partial charge in [0, 0.05) is 6.61 Å². The van der Waals surface area contributed by atoms with E-state index in [9.17, 15) is 0 Å². The van der Waals surface area contributed by atoms with Gasteiger partial charge < -0.3 is 9.47 Å². The van der Waals surface area contributed by atoms with Crippen molar-refractivity contribution in [3.63, 3.8) is 0 Å². The molecule has 2 atom stereocenters. The molecule has 0 saturated carbocycles. The minimum atomic E-state index is 0.0559. The maximum Gasteiger partial charge on any atom is 0.122 e. The minimum absolute atomic E-state index is 0.0559. The van der Waals surface area contributed by atoms with E-state index in [0.717, 1.165) is 44.6 Å². The Bertz CT molecular complexity index is 413. The topological polar surface area (TPSA) is 18.5 Å². The maximum absolute atomic E-state index is 6.51. The number of ether oxygens (including phenoxy) is 2. The molecule has 0 aliphatic carbocycles. The van der Waals surface area contributed by atoms with E-state index in [0.29, 0.717) is 6.10 Å². The Hall–Kier alpha value is -0.730. The van der Waals surface area contributed by atoms with E-state index in [-0.39, 0.29) is 5.38 Å². The SMILES string of the molecule is ClC(CC1CCCO1)c1ccc2c(c1)CCCO2. The Kier molecular flexibility index (Phi) is 3.76. The van der Waals surface area contributed by atoms with Crippen LogP contribution in [0.15, 0.2) is 18.2 Å². The van der Waals surface area contributed by atoms with Gasteiger partial charge in [-0.15, -0.1) is 11.6 Å². The Morgan fingerprint density at radius 2 is 2.22 bits per heavy atom. The molecule has 3 rings (SSSR count). The van der Waals surface area contributed by atoms with E-state index in [1.54, 1.807) is 0 Å². The molecule has 0 radical (unpaired) electrons. The summed E-state index contributed by atoms with van der Waals surface area (Å²) in [6, 6.07) is 6.37. The quantitative estimate of drug-likeness (QED) is 0.774. The van der Waals surface area contributed by atoms with Gasteiger partial charge in [-0.3, -0.25) is 0 Å². The molecule has 2 aliphatic heterocycles. The van der Waals surface area contributed by atoms with Crippen LogP contribution < -0.4 is 4.74 Å². The lowest BCUT2D eigenvalue weighted by molar-refractivity contribution is 0.103. The van der Waals surface area contributed by atoms with Crippen molar-refractivity contribution in [1.82, 2.24) is 0 Å². The first-order chi connectivity index (χ1) is 8.83. The molecule has 0 aromatic heterocycles. The number of benzene rings is 1. The number of fused-ring (bicyclic) bond motifs is 1. The average molecular weight is 267 g/mol. The molecule has 0 amide bonds. The van der Waals surface area contributed by atoms with E-state index in [2.05, 4.69) is 18.2 Å². The Morgan fingerprint density at radius 1 is 1.28 bits per heavy atom. The fraction of sp³-hybridized carbons (Fsp3) is 0.600. The fourth-order valence-electron chi connectivity index (χ4n) is 2.77. The van der Waals surface area contributed by atoms with Crippen LogP contribution in [0.3, 0.4) is 0 Å². The van der Waals surface area contributed by atoms with Gasteiger partial charge in [0.25, 0.3) is 0 Å². The highest BCUT2D eigenvalue weighted by Crippen LogP contribution is 2.34. The van der Waals surface area contributed by atoms with Crippen molar-refractivity contribution in [3.8, 4) is 5.75 Å². The zero-order valence-corrected chi connectivity index (χ0v) is 11.3. The van der Waals surface area contributed by atoms with Crippen LogP contribution in [0.5, 0.6) is 5.75 Å². The summed E-state index contributed by atoms with van der Waals surface area (Å²) in [5.74, 6) is 1.03. The molecule has 2 nitrogen and oxygen atoms in total. The number of hydrogen-bond donors (Lipinski definition) is 0. The predicted octanol–water partition coefficient (Wildman–Crippen LogP) is 3.86. The van der Waals surface area contributed by atoms with Gasteiger partial charge in [0.2, 0.25) is 0 Å². The van der Waals surface area contributed by atoms with E-state index < -0.39 is 0 Å². The standard InChI is InChI=1S/C15H19ClO2/c16-14(10-13-4-2-7-17-13)11-5-6-15-12(9-11)3-1-8-18-15/h5-6,9,13-14H,1-4,7-8,10H2. The molecule has 2 heterocycles. The highest BCUT2D eigenvalue weighted by atomic mass is 35.5. The first kappa shape index (κ1) is 12.3. The molecule has 1 aromatic carbocycles. The third-order valence-corrected chi connectivity index (χ3v) is 4.22. The molecule has 0 bridgehead atoms. The van der Waals surface area contributed by atoms with E-state index in [1.807, 2.05) is 0 Å². The number of rotatable bonds is 3. The minimum Gasteiger partial charge on any atom is -0.493 e. The number of aryl methyl sites for hydroxylation is 1. The number of halogens is 1. The Balaban J connectivity index is 1.70. The number of hydrogen-bond acceptors (Lipinski definition) is 2. The summed E-state index contributed by atoms with van der Waals surface area (Å²) in [5, 5.41) is 0.0559. The molecule has 1 fully saturated rings. The Morgan fingerprint density at radius 3 is 3.06 bits per heavy atom. The van der Waals surface area contributed by atoms with Crippen molar-refractivity contribution >= 4 is 11.6 Å². The predicted molar refractivity (Wildman–Crippen MR) is 72.4 cm³/mol. The molecular weight excluding hydrogens is 248 g/mol. The van der Waals surface area contributed by atoms with E-state index in [4.69, 9.17) is 21.1 Å². The lowest BCUT2D eigenvalue weighted by Crippen LogP contribution is -2.11. The summed E-state index contributed by atoms with van der Waals surface area (Å²) >= 11 is 6.51. The monoisotopic (exact) mass is 266 g/mol. The zero-order chi connectivity index (χ0) is 12.4. The van der Waals surface area contributed by atoms with Crippen LogP contribution in [0, 0.1) is 0 Å². The highest BCUT2D eigenvalue weighted by Gasteiger charge is 2.21. The van der Waals surface area contributed by atoms with Crippen molar-refractivity contribution in [2.45, 2.75) is 43.6 Å². The average Bonchev–Trinajstić information content (AvgIpc) is 2.91. The lowest BCUT2D eigenvalue weighted by Gasteiger charge is -2.20. The molecule has 2 unspecified atom stereocenters. The molecular formula is C15H19ClO2. The molecule has 0 spiro atoms. The molecule has 0 N–H and O–H groups in total. The summed E-state index contributed by atoms with van der Waals surface area (Å²) in [5.41, 5.74) is 2.51. The van der Waals surface area contributed by atoms with Crippen molar-refractivity contribution in [2.75, 3.05) is 13.2 Å². The van der Waals surface area contributed by atoms with Crippen LogP contribution >= 0.6 is 11.6 Å². The fourth-order valence-corrected chi connectivity index (χ4v) is 3.11. The van der Waals surface area contributed by atoms with Crippen LogP contribution in [0.25, 0.3) is 0 Å². The third-order valence-electron chi connectivity index (χ3n) is 3.79. The third kappa shape index (κ3) is 2.65. The van der Waals surface area contributed by atoms with Crippen LogP contribution in [-0.2, 0) is 11.2 Å². The molecule has 1 saturated heterocycles. The van der Waals surface area contributed by atoms with Crippen molar-refractivity contribution in [1.29, 1.82) is 0 Å². The smallest absolute Gasteiger partial charge is 0.122 e. The van der Waals surface area contributed by atoms with Gasteiger partial charge in [0.1, 0.15) is 5.75 Å². The second-order valence-electron chi connectivity index (χ2n) is 5.16. The van der Waals surface area contributed by atoms with Gasteiger partial charge >= 0.3 is 0 Å². The van der Waals surface area contributed by atoms with Gasteiger partial charge in [-0.25, -0.2) is 0 Å². The van der Waals surface area contributed by atoms with Gasteiger partial charge in [-0.1, -0.05) is 12.1 Å². The van der Waals surface area contributed by atoms with Gasteiger partial charge in [-0.2, -0.15) is 0 Å². The van der Waals surface area contributed by atoms with Crippen LogP contribution in [0.1, 0.15) is 42.2 Å². The summed E-state index contributed by atoms with van der Waals surface area (Å²) in [6.07, 6.45) is 5.80. The molecule has 18 heavy (non-hydrogen) atoms. The Labute approximate surface area is 113 Å². The summed E-state index contributed by atoms with van der Waals surface area (Å²) in [4.78, 5) is 0. The summed E-state index contributed by atoms with van der Waals surface area (Å²) in [7, 11) is 0. The highest BCUT2D eigenvalue weighted by molar-refractivity contribution is 6.20. The first-order valence-corrected chi connectivity index (χ1v) is 7.28. The van der Waals surface area contributed by atoms with Gasteiger partial charge in [0.05, 0.1) is 18.1 Å². The largest absolute Gasteiger partial charge is 0.493 e. The van der Waals surface area contributed by atoms with Crippen LogP contribution in [0.2, 0.25) is 0 Å². The zero-order valence-electron chi connectivity index (χ0n) is 10.5. The van der Waals surface area contributed by atoms with Crippen LogP contribution in [0.4, 0.5) is 0 Å². The first-order valence-electron chi connectivity index (χ1n) is 6.84. The van der Waals surface area contributed by atoms with Gasteiger partial charge in [-0.05, 0) is 49.3 Å². The molecule has 98 valence electrons. The van der Waals surface area contributed by atoms with Crippen LogP contribution in [-0.4, -0.2) is 19.3 Å². The van der Waals surface area contributed by atoms with Crippen molar-refractivity contribution < 1.29 is 9.47 Å². The summed E-state index contributed by atoms with van der Waals surface area (Å²) in [6.45, 7) is 1.73. The molecule has 3 heteroatoms. The van der Waals surface area contributed by atoms with Crippen molar-refractivity contribution in [3.05, 3.63) is 29.3 Å². The maximum atomic E-state index is 6.51.